The number of benzene rings is 1. The van der Waals surface area contributed by atoms with Crippen molar-refractivity contribution in [2.45, 2.75) is 6.43 Å². The maximum absolute atomic E-state index is 12.1. The number of amides is 1. The molecule has 0 atom stereocenters. The molecule has 1 heterocycles. The largest absolute Gasteiger partial charge is 0.488 e. The molecule has 19 heavy (non-hydrogen) atoms. The Kier molecular flexibility index (Phi) is 3.69. The van der Waals surface area contributed by atoms with E-state index in [1.54, 1.807) is 12.1 Å². The van der Waals surface area contributed by atoms with Crippen LogP contribution in [-0.4, -0.2) is 34.4 Å². The Morgan fingerprint density at radius 3 is 2.89 bits per heavy atom. The molecule has 0 unspecified atom stereocenters. The molecule has 0 saturated heterocycles. The first-order valence-electron chi connectivity index (χ1n) is 5.30. The van der Waals surface area contributed by atoms with Crippen LogP contribution in [0.1, 0.15) is 10.5 Å². The average Bonchev–Trinajstić information content (AvgIpc) is 2.86. The number of nitrogens with two attached hydrogens (primary N) is 1. The van der Waals surface area contributed by atoms with Gasteiger partial charge in [-0.05, 0) is 12.1 Å². The third kappa shape index (κ3) is 3.03. The second kappa shape index (κ2) is 5.42. The highest BCUT2D eigenvalue weighted by Gasteiger charge is 2.15. The predicted octanol–water partition coefficient (Wildman–Crippen LogP) is 1.21. The fourth-order valence-electron chi connectivity index (χ4n) is 1.50. The van der Waals surface area contributed by atoms with Gasteiger partial charge in [0.15, 0.2) is 5.69 Å². The number of ether oxygens (including phenoxy) is 1. The van der Waals surface area contributed by atoms with Crippen LogP contribution in [0.25, 0.3) is 11.3 Å². The zero-order chi connectivity index (χ0) is 13.8. The normalized spacial score (nSPS) is 10.7. The predicted molar refractivity (Wildman–Crippen MR) is 61.8 cm³/mol. The number of primary amides is 1. The summed E-state index contributed by atoms with van der Waals surface area (Å²) < 4.78 is 29.0. The van der Waals surface area contributed by atoms with E-state index in [0.717, 1.165) is 0 Å². The lowest BCUT2D eigenvalue weighted by Crippen LogP contribution is -2.12. The van der Waals surface area contributed by atoms with E-state index in [0.29, 0.717) is 5.56 Å². The van der Waals surface area contributed by atoms with Gasteiger partial charge >= 0.3 is 0 Å². The van der Waals surface area contributed by atoms with Crippen LogP contribution in [-0.2, 0) is 0 Å². The number of nitrogens with one attached hydrogen (secondary N) is 1. The van der Waals surface area contributed by atoms with Gasteiger partial charge in [-0.25, -0.2) is 8.78 Å². The number of hydrogen-bond donors (Lipinski definition) is 2. The maximum Gasteiger partial charge on any atom is 0.272 e. The molecule has 3 N–H and O–H groups in total. The van der Waals surface area contributed by atoms with Crippen LogP contribution in [0.5, 0.6) is 5.75 Å². The van der Waals surface area contributed by atoms with Crippen LogP contribution in [0.3, 0.4) is 0 Å². The molecular weight excluding hydrogens is 258 g/mol. The molecular formula is C11H10F2N4O2. The summed E-state index contributed by atoms with van der Waals surface area (Å²) in [7, 11) is 0. The number of hydrogen-bond acceptors (Lipinski definition) is 4. The minimum atomic E-state index is -2.56. The molecule has 2 aromatic rings. The van der Waals surface area contributed by atoms with E-state index in [1.165, 1.54) is 12.1 Å². The fraction of sp³-hybridized carbons (Fsp3) is 0.182. The Balaban J connectivity index is 2.27. The first-order chi connectivity index (χ1) is 9.08. The third-order valence-corrected chi connectivity index (χ3v) is 2.26. The van der Waals surface area contributed by atoms with Gasteiger partial charge in [0.1, 0.15) is 18.1 Å². The second-order valence-corrected chi connectivity index (χ2v) is 3.61. The van der Waals surface area contributed by atoms with Crippen LogP contribution in [0.15, 0.2) is 24.3 Å². The van der Waals surface area contributed by atoms with Crippen molar-refractivity contribution >= 4 is 5.91 Å². The number of aromatic amines is 1. The summed E-state index contributed by atoms with van der Waals surface area (Å²) in [5.74, 6) is -0.487. The molecule has 0 radical (unpaired) electrons. The van der Waals surface area contributed by atoms with Crippen molar-refractivity contribution in [3.63, 3.8) is 0 Å². The minimum absolute atomic E-state index is 0.0222. The third-order valence-electron chi connectivity index (χ3n) is 2.26. The van der Waals surface area contributed by atoms with Crippen LogP contribution in [0.2, 0.25) is 0 Å². The van der Waals surface area contributed by atoms with Crippen molar-refractivity contribution in [3.8, 4) is 17.0 Å². The van der Waals surface area contributed by atoms with Crippen molar-refractivity contribution in [1.82, 2.24) is 15.4 Å². The SMILES string of the molecule is NC(=O)c1n[nH]nc1-c1cccc(OCC(F)F)c1. The molecule has 1 aromatic carbocycles. The average molecular weight is 268 g/mol. The van der Waals surface area contributed by atoms with Gasteiger partial charge < -0.3 is 10.5 Å². The molecule has 0 spiro atoms. The number of nitrogens with zero attached hydrogens (tertiary/aromatic N) is 2. The highest BCUT2D eigenvalue weighted by Crippen LogP contribution is 2.24. The van der Waals surface area contributed by atoms with Gasteiger partial charge in [0.2, 0.25) is 0 Å². The Hall–Kier alpha value is -2.51. The van der Waals surface area contributed by atoms with Gasteiger partial charge in [-0.3, -0.25) is 4.79 Å². The Bertz CT molecular complexity index is 586. The number of rotatable bonds is 5. The summed E-state index contributed by atoms with van der Waals surface area (Å²) in [6.45, 7) is -0.703. The van der Waals surface area contributed by atoms with E-state index in [1.807, 2.05) is 0 Å². The van der Waals surface area contributed by atoms with Crippen molar-refractivity contribution in [2.24, 2.45) is 5.73 Å². The highest BCUT2D eigenvalue weighted by atomic mass is 19.3. The number of carbonyl (C=O) groups is 1. The van der Waals surface area contributed by atoms with Crippen LogP contribution >= 0.6 is 0 Å². The summed E-state index contributed by atoms with van der Waals surface area (Å²) >= 11 is 0. The lowest BCUT2D eigenvalue weighted by atomic mass is 10.1. The van der Waals surface area contributed by atoms with E-state index >= 15 is 0 Å². The molecule has 8 heteroatoms. The Morgan fingerprint density at radius 2 is 2.21 bits per heavy atom. The molecule has 0 saturated carbocycles. The van der Waals surface area contributed by atoms with E-state index in [-0.39, 0.29) is 17.1 Å². The first-order valence-corrected chi connectivity index (χ1v) is 5.30. The lowest BCUT2D eigenvalue weighted by molar-refractivity contribution is 0.0819. The molecule has 2 rings (SSSR count). The Morgan fingerprint density at radius 1 is 1.42 bits per heavy atom. The van der Waals surface area contributed by atoms with Gasteiger partial charge in [-0.2, -0.15) is 15.4 Å². The molecule has 0 aliphatic carbocycles. The molecule has 100 valence electrons. The Labute approximate surface area is 106 Å². The quantitative estimate of drug-likeness (QED) is 0.852. The first kappa shape index (κ1) is 12.9. The van der Waals surface area contributed by atoms with Crippen molar-refractivity contribution < 1.29 is 18.3 Å². The second-order valence-electron chi connectivity index (χ2n) is 3.61. The monoisotopic (exact) mass is 268 g/mol. The molecule has 1 aromatic heterocycles. The zero-order valence-electron chi connectivity index (χ0n) is 9.64. The summed E-state index contributed by atoms with van der Waals surface area (Å²) in [4.78, 5) is 11.1. The number of H-pyrrole nitrogens is 1. The van der Waals surface area contributed by atoms with Crippen molar-refractivity contribution in [1.29, 1.82) is 0 Å². The van der Waals surface area contributed by atoms with Crippen LogP contribution in [0.4, 0.5) is 8.78 Å². The highest BCUT2D eigenvalue weighted by molar-refractivity contribution is 5.96. The van der Waals surface area contributed by atoms with Crippen molar-refractivity contribution in [2.75, 3.05) is 6.61 Å². The molecule has 0 aliphatic rings. The van der Waals surface area contributed by atoms with Gasteiger partial charge in [0, 0.05) is 5.56 Å². The topological polar surface area (TPSA) is 93.9 Å². The van der Waals surface area contributed by atoms with Gasteiger partial charge in [0.25, 0.3) is 12.3 Å². The summed E-state index contributed by atoms with van der Waals surface area (Å²) in [6.07, 6.45) is -2.56. The van der Waals surface area contributed by atoms with Crippen molar-refractivity contribution in [3.05, 3.63) is 30.0 Å². The lowest BCUT2D eigenvalue weighted by Gasteiger charge is -2.06. The van der Waals surface area contributed by atoms with Gasteiger partial charge in [0.05, 0.1) is 0 Å². The van der Waals surface area contributed by atoms with E-state index < -0.39 is 18.9 Å². The number of aromatic nitrogens is 3. The minimum Gasteiger partial charge on any atom is -0.488 e. The molecule has 0 aliphatic heterocycles. The van der Waals surface area contributed by atoms with E-state index in [2.05, 4.69) is 15.4 Å². The smallest absolute Gasteiger partial charge is 0.272 e. The molecule has 0 fully saturated rings. The standard InChI is InChI=1S/C11H10F2N4O2/c12-8(13)5-19-7-3-1-2-6(4-7)9-10(11(14)18)16-17-15-9/h1-4,8H,5H2,(H2,14,18)(H,15,16,17). The zero-order valence-corrected chi connectivity index (χ0v) is 9.64. The van der Waals surface area contributed by atoms with Gasteiger partial charge in [-0.15, -0.1) is 0 Å². The summed E-state index contributed by atoms with van der Waals surface area (Å²) in [6, 6.07) is 6.23. The fourth-order valence-corrected chi connectivity index (χ4v) is 1.50. The number of halogens is 2. The molecule has 6 nitrogen and oxygen atoms in total. The van der Waals surface area contributed by atoms with E-state index in [4.69, 9.17) is 10.5 Å². The number of carbonyl (C=O) groups excluding carboxylic acids is 1. The summed E-state index contributed by atoms with van der Waals surface area (Å²) in [5, 5.41) is 9.71. The number of alkyl halides is 2. The summed E-state index contributed by atoms with van der Waals surface area (Å²) in [5.41, 5.74) is 5.86. The molecule has 1 amide bonds. The molecule has 0 bridgehead atoms. The maximum atomic E-state index is 12.1. The van der Waals surface area contributed by atoms with E-state index in [9.17, 15) is 13.6 Å². The van der Waals surface area contributed by atoms with Crippen LogP contribution < -0.4 is 10.5 Å². The van der Waals surface area contributed by atoms with Gasteiger partial charge in [-0.1, -0.05) is 12.1 Å². The van der Waals surface area contributed by atoms with Crippen LogP contribution in [0, 0.1) is 0 Å².